The maximum atomic E-state index is 4.42. The van der Waals surface area contributed by atoms with Gasteiger partial charge in [0.25, 0.3) is 0 Å². The summed E-state index contributed by atoms with van der Waals surface area (Å²) in [5.74, 6) is 1.76. The van der Waals surface area contributed by atoms with Gasteiger partial charge in [0.1, 0.15) is 5.82 Å². The highest BCUT2D eigenvalue weighted by molar-refractivity contribution is 4.98. The molecule has 1 aromatic heterocycles. The van der Waals surface area contributed by atoms with Crippen LogP contribution in [0.15, 0.2) is 12.4 Å². The largest absolute Gasteiger partial charge is 0.335 e. The maximum absolute atomic E-state index is 4.42. The van der Waals surface area contributed by atoms with Gasteiger partial charge in [0, 0.05) is 24.9 Å². The van der Waals surface area contributed by atoms with Gasteiger partial charge in [-0.25, -0.2) is 4.98 Å². The summed E-state index contributed by atoms with van der Waals surface area (Å²) in [5.41, 5.74) is 0. The summed E-state index contributed by atoms with van der Waals surface area (Å²) in [4.78, 5) is 4.42. The monoisotopic (exact) mass is 209 g/mol. The summed E-state index contributed by atoms with van der Waals surface area (Å²) in [7, 11) is 0. The molecule has 3 nitrogen and oxygen atoms in total. The van der Waals surface area contributed by atoms with Crippen LogP contribution in [-0.2, 0) is 6.54 Å². The molecule has 0 amide bonds. The van der Waals surface area contributed by atoms with Crippen LogP contribution in [0.25, 0.3) is 0 Å². The number of imidazole rings is 1. The SMILES string of the molecule is CCCNCCC(C)c1nccn1CC. The lowest BCUT2D eigenvalue weighted by atomic mass is 10.1. The number of hydrogen-bond acceptors (Lipinski definition) is 2. The predicted molar refractivity (Wildman–Crippen MR) is 64.1 cm³/mol. The molecule has 0 aliphatic heterocycles. The lowest BCUT2D eigenvalue weighted by Crippen LogP contribution is -2.18. The van der Waals surface area contributed by atoms with E-state index in [1.54, 1.807) is 0 Å². The lowest BCUT2D eigenvalue weighted by molar-refractivity contribution is 0.548. The van der Waals surface area contributed by atoms with E-state index in [-0.39, 0.29) is 0 Å². The highest BCUT2D eigenvalue weighted by Crippen LogP contribution is 2.16. The van der Waals surface area contributed by atoms with Crippen LogP contribution < -0.4 is 5.32 Å². The van der Waals surface area contributed by atoms with E-state index in [1.807, 2.05) is 6.20 Å². The summed E-state index contributed by atoms with van der Waals surface area (Å²) < 4.78 is 2.23. The first-order valence-electron chi connectivity index (χ1n) is 6.01. The molecule has 0 aliphatic rings. The second-order valence-electron chi connectivity index (χ2n) is 4.01. The zero-order valence-corrected chi connectivity index (χ0v) is 10.2. The average Bonchev–Trinajstić information content (AvgIpc) is 2.72. The van der Waals surface area contributed by atoms with Crippen molar-refractivity contribution in [3.05, 3.63) is 18.2 Å². The van der Waals surface area contributed by atoms with Gasteiger partial charge in [0.2, 0.25) is 0 Å². The van der Waals surface area contributed by atoms with Gasteiger partial charge in [-0.15, -0.1) is 0 Å². The first kappa shape index (κ1) is 12.2. The van der Waals surface area contributed by atoms with Crippen molar-refractivity contribution in [1.29, 1.82) is 0 Å². The molecule has 1 rings (SSSR count). The highest BCUT2D eigenvalue weighted by Gasteiger charge is 2.10. The Labute approximate surface area is 92.9 Å². The van der Waals surface area contributed by atoms with Gasteiger partial charge in [-0.2, -0.15) is 0 Å². The van der Waals surface area contributed by atoms with E-state index in [4.69, 9.17) is 0 Å². The van der Waals surface area contributed by atoms with Crippen molar-refractivity contribution in [2.45, 2.75) is 46.1 Å². The first-order valence-corrected chi connectivity index (χ1v) is 6.01. The van der Waals surface area contributed by atoms with Gasteiger partial charge in [-0.3, -0.25) is 0 Å². The number of nitrogens with one attached hydrogen (secondary N) is 1. The van der Waals surface area contributed by atoms with Gasteiger partial charge in [-0.05, 0) is 32.9 Å². The number of aryl methyl sites for hydroxylation is 1. The zero-order valence-electron chi connectivity index (χ0n) is 10.2. The van der Waals surface area contributed by atoms with E-state index in [1.165, 1.54) is 12.2 Å². The molecule has 15 heavy (non-hydrogen) atoms. The lowest BCUT2D eigenvalue weighted by Gasteiger charge is -2.13. The quantitative estimate of drug-likeness (QED) is 0.699. The molecule has 1 unspecified atom stereocenters. The van der Waals surface area contributed by atoms with Crippen molar-refractivity contribution in [3.8, 4) is 0 Å². The molecule has 0 saturated heterocycles. The number of nitrogens with zero attached hydrogens (tertiary/aromatic N) is 2. The molecule has 3 heteroatoms. The molecular formula is C12H23N3. The summed E-state index contributed by atoms with van der Waals surface area (Å²) >= 11 is 0. The summed E-state index contributed by atoms with van der Waals surface area (Å²) in [6.45, 7) is 9.83. The molecule has 0 aliphatic carbocycles. The van der Waals surface area contributed by atoms with Crippen LogP contribution in [-0.4, -0.2) is 22.6 Å². The fraction of sp³-hybridized carbons (Fsp3) is 0.750. The standard InChI is InChI=1S/C12H23N3/c1-4-7-13-8-6-11(3)12-14-9-10-15(12)5-2/h9-11,13H,4-8H2,1-3H3. The molecular weight excluding hydrogens is 186 g/mol. The first-order chi connectivity index (χ1) is 7.29. The van der Waals surface area contributed by atoms with Crippen LogP contribution >= 0.6 is 0 Å². The minimum absolute atomic E-state index is 0.546. The summed E-state index contributed by atoms with van der Waals surface area (Å²) in [6.07, 6.45) is 6.33. The normalized spacial score (nSPS) is 13.0. The van der Waals surface area contributed by atoms with E-state index >= 15 is 0 Å². The predicted octanol–water partition coefficient (Wildman–Crippen LogP) is 2.40. The van der Waals surface area contributed by atoms with Crippen molar-refractivity contribution in [1.82, 2.24) is 14.9 Å². The number of rotatable bonds is 7. The Bertz CT molecular complexity index is 268. The molecule has 1 aromatic rings. The Morgan fingerprint density at radius 2 is 2.20 bits per heavy atom. The van der Waals surface area contributed by atoms with Gasteiger partial charge in [0.05, 0.1) is 0 Å². The Hall–Kier alpha value is -0.830. The third kappa shape index (κ3) is 3.67. The van der Waals surface area contributed by atoms with Crippen molar-refractivity contribution in [2.75, 3.05) is 13.1 Å². The van der Waals surface area contributed by atoms with Crippen molar-refractivity contribution in [3.63, 3.8) is 0 Å². The molecule has 1 atom stereocenters. The molecule has 1 heterocycles. The number of hydrogen-bond donors (Lipinski definition) is 1. The smallest absolute Gasteiger partial charge is 0.111 e. The molecule has 0 fully saturated rings. The second-order valence-corrected chi connectivity index (χ2v) is 4.01. The Kier molecular flexibility index (Phi) is 5.40. The second kappa shape index (κ2) is 6.62. The Morgan fingerprint density at radius 1 is 1.40 bits per heavy atom. The van der Waals surface area contributed by atoms with Crippen LogP contribution in [0, 0.1) is 0 Å². The summed E-state index contributed by atoms with van der Waals surface area (Å²) in [5, 5.41) is 3.43. The molecule has 0 aromatic carbocycles. The summed E-state index contributed by atoms with van der Waals surface area (Å²) in [6, 6.07) is 0. The van der Waals surface area contributed by atoms with Gasteiger partial charge in [0.15, 0.2) is 0 Å². The molecule has 0 saturated carbocycles. The van der Waals surface area contributed by atoms with Crippen LogP contribution in [0.3, 0.4) is 0 Å². The van der Waals surface area contributed by atoms with Crippen LogP contribution in [0.4, 0.5) is 0 Å². The topological polar surface area (TPSA) is 29.9 Å². The van der Waals surface area contributed by atoms with E-state index in [2.05, 4.69) is 41.8 Å². The third-order valence-electron chi connectivity index (χ3n) is 2.71. The van der Waals surface area contributed by atoms with Crippen LogP contribution in [0.2, 0.25) is 0 Å². The van der Waals surface area contributed by atoms with E-state index in [0.29, 0.717) is 5.92 Å². The molecule has 86 valence electrons. The van der Waals surface area contributed by atoms with Crippen LogP contribution in [0.1, 0.15) is 45.4 Å². The zero-order chi connectivity index (χ0) is 11.1. The third-order valence-corrected chi connectivity index (χ3v) is 2.71. The van der Waals surface area contributed by atoms with E-state index < -0.39 is 0 Å². The fourth-order valence-corrected chi connectivity index (χ4v) is 1.77. The Balaban J connectivity index is 2.36. The fourth-order valence-electron chi connectivity index (χ4n) is 1.77. The molecule has 0 radical (unpaired) electrons. The van der Waals surface area contributed by atoms with E-state index in [0.717, 1.165) is 26.1 Å². The van der Waals surface area contributed by atoms with Crippen molar-refractivity contribution >= 4 is 0 Å². The van der Waals surface area contributed by atoms with E-state index in [9.17, 15) is 0 Å². The molecule has 1 N–H and O–H groups in total. The highest BCUT2D eigenvalue weighted by atomic mass is 15.1. The van der Waals surface area contributed by atoms with Crippen molar-refractivity contribution < 1.29 is 0 Å². The molecule has 0 bridgehead atoms. The minimum Gasteiger partial charge on any atom is -0.335 e. The van der Waals surface area contributed by atoms with Crippen LogP contribution in [0.5, 0.6) is 0 Å². The number of aromatic nitrogens is 2. The van der Waals surface area contributed by atoms with Crippen molar-refractivity contribution in [2.24, 2.45) is 0 Å². The maximum Gasteiger partial charge on any atom is 0.111 e. The molecule has 0 spiro atoms. The Morgan fingerprint density at radius 3 is 2.87 bits per heavy atom. The minimum atomic E-state index is 0.546. The van der Waals surface area contributed by atoms with Gasteiger partial charge >= 0.3 is 0 Å². The average molecular weight is 209 g/mol. The van der Waals surface area contributed by atoms with Gasteiger partial charge in [-0.1, -0.05) is 13.8 Å². The van der Waals surface area contributed by atoms with Gasteiger partial charge < -0.3 is 9.88 Å².